The lowest BCUT2D eigenvalue weighted by molar-refractivity contribution is -0.0506. The van der Waals surface area contributed by atoms with Gasteiger partial charge in [0.15, 0.2) is 0 Å². The maximum absolute atomic E-state index is 12.5. The second-order valence-electron chi connectivity index (χ2n) is 5.75. The van der Waals surface area contributed by atoms with Gasteiger partial charge in [0.25, 0.3) is 0 Å². The van der Waals surface area contributed by atoms with Crippen LogP contribution in [0, 0.1) is 0 Å². The maximum atomic E-state index is 12.5. The number of alkyl halides is 2. The molecule has 1 aliphatic rings. The van der Waals surface area contributed by atoms with E-state index in [0.29, 0.717) is 17.5 Å². The van der Waals surface area contributed by atoms with Gasteiger partial charge in [0, 0.05) is 17.6 Å². The number of rotatable bonds is 5. The van der Waals surface area contributed by atoms with Gasteiger partial charge in [-0.3, -0.25) is 0 Å². The molecule has 2 N–H and O–H groups in total. The van der Waals surface area contributed by atoms with Crippen LogP contribution in [0.2, 0.25) is 0 Å². The Morgan fingerprint density at radius 1 is 1.30 bits per heavy atom. The molecule has 112 valence electrons. The van der Waals surface area contributed by atoms with Crippen molar-refractivity contribution in [3.05, 3.63) is 29.3 Å². The summed E-state index contributed by atoms with van der Waals surface area (Å²) in [5, 5.41) is 0. The summed E-state index contributed by atoms with van der Waals surface area (Å²) in [6.07, 6.45) is 2.11. The number of hydrogen-bond acceptors (Lipinski definition) is 3. The smallest absolute Gasteiger partial charge is 0.387 e. The van der Waals surface area contributed by atoms with Gasteiger partial charge >= 0.3 is 6.61 Å². The highest BCUT2D eigenvalue weighted by Crippen LogP contribution is 2.41. The van der Waals surface area contributed by atoms with Crippen molar-refractivity contribution in [3.63, 3.8) is 0 Å². The Hall–Kier alpha value is -1.20. The van der Waals surface area contributed by atoms with Gasteiger partial charge in [-0.2, -0.15) is 8.78 Å². The van der Waals surface area contributed by atoms with E-state index in [1.54, 1.807) is 19.1 Å². The standard InChI is InChI=1S/C15H22F2N2O/c1-9(18)13-5-4-10(8-14(13)20-15(16)17)11-6-12(7-11)19(2)3/h4-5,8-9,11-12,15H,6-7,18H2,1-3H3/t9-,11?,12?/m0/s1. The zero-order valence-corrected chi connectivity index (χ0v) is 12.1. The Morgan fingerprint density at radius 3 is 2.45 bits per heavy atom. The van der Waals surface area contributed by atoms with Gasteiger partial charge in [-0.25, -0.2) is 0 Å². The fourth-order valence-electron chi connectivity index (χ4n) is 2.66. The third-order valence-electron chi connectivity index (χ3n) is 4.06. The van der Waals surface area contributed by atoms with E-state index in [9.17, 15) is 8.78 Å². The summed E-state index contributed by atoms with van der Waals surface area (Å²) in [6, 6.07) is 5.76. The highest BCUT2D eigenvalue weighted by atomic mass is 19.3. The van der Waals surface area contributed by atoms with Crippen molar-refractivity contribution in [1.29, 1.82) is 0 Å². The van der Waals surface area contributed by atoms with Gasteiger partial charge in [0.2, 0.25) is 0 Å². The topological polar surface area (TPSA) is 38.5 Å². The van der Waals surface area contributed by atoms with E-state index in [4.69, 9.17) is 5.73 Å². The minimum Gasteiger partial charge on any atom is -0.434 e. The number of ether oxygens (including phenoxy) is 1. The molecule has 0 unspecified atom stereocenters. The molecule has 1 aliphatic carbocycles. The molecule has 3 nitrogen and oxygen atoms in total. The second kappa shape index (κ2) is 6.06. The van der Waals surface area contributed by atoms with E-state index in [-0.39, 0.29) is 11.8 Å². The molecule has 0 radical (unpaired) electrons. The molecule has 0 aliphatic heterocycles. The molecular formula is C15H22F2N2O. The molecule has 1 atom stereocenters. The van der Waals surface area contributed by atoms with E-state index >= 15 is 0 Å². The van der Waals surface area contributed by atoms with Crippen molar-refractivity contribution in [2.24, 2.45) is 5.73 Å². The minimum absolute atomic E-state index is 0.209. The van der Waals surface area contributed by atoms with Crippen molar-refractivity contribution in [2.45, 2.75) is 44.4 Å². The quantitative estimate of drug-likeness (QED) is 0.903. The first-order chi connectivity index (χ1) is 9.38. The van der Waals surface area contributed by atoms with Gasteiger partial charge in [0.05, 0.1) is 0 Å². The zero-order valence-electron chi connectivity index (χ0n) is 12.1. The largest absolute Gasteiger partial charge is 0.434 e. The van der Waals surface area contributed by atoms with E-state index in [1.165, 1.54) is 0 Å². The van der Waals surface area contributed by atoms with Crippen LogP contribution in [0.25, 0.3) is 0 Å². The Morgan fingerprint density at radius 2 is 1.95 bits per heavy atom. The summed E-state index contributed by atoms with van der Waals surface area (Å²) in [5.41, 5.74) is 7.47. The van der Waals surface area contributed by atoms with E-state index in [0.717, 1.165) is 18.4 Å². The second-order valence-corrected chi connectivity index (χ2v) is 5.75. The van der Waals surface area contributed by atoms with Crippen LogP contribution in [-0.4, -0.2) is 31.6 Å². The lowest BCUT2D eigenvalue weighted by Crippen LogP contribution is -2.39. The van der Waals surface area contributed by atoms with Crippen LogP contribution >= 0.6 is 0 Å². The number of halogens is 2. The maximum Gasteiger partial charge on any atom is 0.387 e. The minimum atomic E-state index is -2.82. The molecule has 0 aromatic heterocycles. The van der Waals surface area contributed by atoms with Crippen molar-refractivity contribution < 1.29 is 13.5 Å². The highest BCUT2D eigenvalue weighted by Gasteiger charge is 2.32. The van der Waals surface area contributed by atoms with Crippen molar-refractivity contribution >= 4 is 0 Å². The van der Waals surface area contributed by atoms with E-state index in [2.05, 4.69) is 23.7 Å². The third kappa shape index (κ3) is 3.27. The molecule has 1 aromatic carbocycles. The van der Waals surface area contributed by atoms with Gasteiger partial charge in [-0.15, -0.1) is 0 Å². The van der Waals surface area contributed by atoms with Crippen LogP contribution in [-0.2, 0) is 0 Å². The average molecular weight is 284 g/mol. The molecule has 0 heterocycles. The summed E-state index contributed by atoms with van der Waals surface area (Å²) < 4.78 is 29.6. The molecule has 1 fully saturated rings. The van der Waals surface area contributed by atoms with Crippen LogP contribution in [0.15, 0.2) is 18.2 Å². The fraction of sp³-hybridized carbons (Fsp3) is 0.600. The van der Waals surface area contributed by atoms with Gasteiger partial charge in [0.1, 0.15) is 5.75 Å². The van der Waals surface area contributed by atoms with Gasteiger partial charge < -0.3 is 15.4 Å². The molecule has 5 heteroatoms. The van der Waals surface area contributed by atoms with E-state index < -0.39 is 6.61 Å². The summed E-state index contributed by atoms with van der Waals surface area (Å²) in [4.78, 5) is 2.20. The summed E-state index contributed by atoms with van der Waals surface area (Å²) in [5.74, 6) is 0.630. The van der Waals surface area contributed by atoms with Gasteiger partial charge in [-0.05, 0) is 51.4 Å². The van der Waals surface area contributed by atoms with Crippen molar-refractivity contribution in [1.82, 2.24) is 4.90 Å². The van der Waals surface area contributed by atoms with Crippen LogP contribution in [0.4, 0.5) is 8.78 Å². The summed E-state index contributed by atoms with van der Waals surface area (Å²) >= 11 is 0. The van der Waals surface area contributed by atoms with Gasteiger partial charge in [-0.1, -0.05) is 12.1 Å². The highest BCUT2D eigenvalue weighted by molar-refractivity contribution is 5.41. The normalized spacial score (nSPS) is 23.8. The van der Waals surface area contributed by atoms with Crippen LogP contribution in [0.3, 0.4) is 0 Å². The molecule has 0 saturated heterocycles. The molecule has 20 heavy (non-hydrogen) atoms. The lowest BCUT2D eigenvalue weighted by atomic mass is 9.75. The predicted molar refractivity (Wildman–Crippen MR) is 75.1 cm³/mol. The Labute approximate surface area is 118 Å². The Balaban J connectivity index is 2.16. The summed E-state index contributed by atoms with van der Waals surface area (Å²) in [7, 11) is 4.12. The zero-order chi connectivity index (χ0) is 14.9. The van der Waals surface area contributed by atoms with Crippen LogP contribution in [0.1, 0.15) is 42.9 Å². The molecule has 0 bridgehead atoms. The molecule has 0 spiro atoms. The molecule has 1 saturated carbocycles. The lowest BCUT2D eigenvalue weighted by Gasteiger charge is -2.40. The number of benzene rings is 1. The number of nitrogens with two attached hydrogens (primary N) is 1. The Kier molecular flexibility index (Phi) is 4.60. The fourth-order valence-corrected chi connectivity index (χ4v) is 2.66. The first-order valence-corrected chi connectivity index (χ1v) is 6.89. The molecular weight excluding hydrogens is 262 g/mol. The first kappa shape index (κ1) is 15.2. The van der Waals surface area contributed by atoms with Crippen molar-refractivity contribution in [3.8, 4) is 5.75 Å². The SMILES string of the molecule is C[C@H](N)c1ccc(C2CC(N(C)C)C2)cc1OC(F)F. The third-order valence-corrected chi connectivity index (χ3v) is 4.06. The Bertz CT molecular complexity index is 457. The molecule has 0 amide bonds. The average Bonchev–Trinajstić information content (AvgIpc) is 2.25. The van der Waals surface area contributed by atoms with E-state index in [1.807, 2.05) is 6.07 Å². The molecule has 2 rings (SSSR count). The van der Waals surface area contributed by atoms with Crippen LogP contribution in [0.5, 0.6) is 5.75 Å². The molecule has 1 aromatic rings. The number of nitrogens with zero attached hydrogens (tertiary/aromatic N) is 1. The predicted octanol–water partition coefficient (Wildman–Crippen LogP) is 3.12. The van der Waals surface area contributed by atoms with Crippen LogP contribution < -0.4 is 10.5 Å². The monoisotopic (exact) mass is 284 g/mol. The summed E-state index contributed by atoms with van der Waals surface area (Å²) in [6.45, 7) is -1.06. The van der Waals surface area contributed by atoms with Crippen molar-refractivity contribution in [2.75, 3.05) is 14.1 Å². The first-order valence-electron chi connectivity index (χ1n) is 6.89. The number of hydrogen-bond donors (Lipinski definition) is 1.